The molecule has 1 atom stereocenters. The summed E-state index contributed by atoms with van der Waals surface area (Å²) in [6.07, 6.45) is 2.16. The molecular formula is C12H13F3O2. The van der Waals surface area contributed by atoms with E-state index in [1.807, 2.05) is 0 Å². The minimum absolute atomic E-state index is 0.319. The van der Waals surface area contributed by atoms with Crippen LogP contribution in [0.4, 0.5) is 13.2 Å². The van der Waals surface area contributed by atoms with Crippen LogP contribution in [0, 0.1) is 17.5 Å². The van der Waals surface area contributed by atoms with Crippen LogP contribution in [0.15, 0.2) is 12.1 Å². The molecule has 0 aliphatic carbocycles. The Hall–Kier alpha value is -1.07. The van der Waals surface area contributed by atoms with Gasteiger partial charge in [0.2, 0.25) is 0 Å². The van der Waals surface area contributed by atoms with Crippen LogP contribution in [0.3, 0.4) is 0 Å². The molecule has 0 aromatic heterocycles. The van der Waals surface area contributed by atoms with E-state index in [-0.39, 0.29) is 12.2 Å². The van der Waals surface area contributed by atoms with Crippen LogP contribution in [0.5, 0.6) is 0 Å². The second-order valence-electron chi connectivity index (χ2n) is 3.93. The second kappa shape index (κ2) is 5.51. The number of benzene rings is 1. The first-order valence-electron chi connectivity index (χ1n) is 5.54. The van der Waals surface area contributed by atoms with Gasteiger partial charge in [0.15, 0.2) is 17.9 Å². The third kappa shape index (κ3) is 2.98. The highest BCUT2D eigenvalue weighted by Gasteiger charge is 2.18. The normalized spacial score (nSPS) is 20.5. The molecule has 1 heterocycles. The summed E-state index contributed by atoms with van der Waals surface area (Å²) in [6.45, 7) is 0.263. The van der Waals surface area contributed by atoms with E-state index < -0.39 is 23.7 Å². The molecule has 1 fully saturated rings. The van der Waals surface area contributed by atoms with Gasteiger partial charge in [0.1, 0.15) is 5.82 Å². The highest BCUT2D eigenvalue weighted by atomic mass is 19.2. The van der Waals surface area contributed by atoms with Crippen LogP contribution in [-0.4, -0.2) is 12.9 Å². The van der Waals surface area contributed by atoms with Crippen molar-refractivity contribution < 1.29 is 22.6 Å². The maximum atomic E-state index is 13.3. The van der Waals surface area contributed by atoms with Gasteiger partial charge in [0, 0.05) is 6.61 Å². The summed E-state index contributed by atoms with van der Waals surface area (Å²) in [5.41, 5.74) is -0.390. The predicted molar refractivity (Wildman–Crippen MR) is 54.7 cm³/mol. The topological polar surface area (TPSA) is 18.5 Å². The molecule has 2 rings (SSSR count). The van der Waals surface area contributed by atoms with Gasteiger partial charge < -0.3 is 9.47 Å². The summed E-state index contributed by atoms with van der Waals surface area (Å²) >= 11 is 0. The molecule has 0 radical (unpaired) electrons. The highest BCUT2D eigenvalue weighted by molar-refractivity contribution is 5.20. The molecule has 2 nitrogen and oxygen atoms in total. The van der Waals surface area contributed by atoms with Gasteiger partial charge in [0.05, 0.1) is 12.2 Å². The molecule has 1 aliphatic heterocycles. The summed E-state index contributed by atoms with van der Waals surface area (Å²) in [7, 11) is 0. The molecule has 0 spiro atoms. The fourth-order valence-corrected chi connectivity index (χ4v) is 1.72. The lowest BCUT2D eigenvalue weighted by Crippen LogP contribution is -2.22. The molecule has 17 heavy (non-hydrogen) atoms. The zero-order valence-electron chi connectivity index (χ0n) is 9.22. The first-order chi connectivity index (χ1) is 8.18. The van der Waals surface area contributed by atoms with Crippen LogP contribution in [0.25, 0.3) is 0 Å². The van der Waals surface area contributed by atoms with Gasteiger partial charge in [-0.3, -0.25) is 0 Å². The largest absolute Gasteiger partial charge is 0.353 e. The summed E-state index contributed by atoms with van der Waals surface area (Å²) in [4.78, 5) is 0. The van der Waals surface area contributed by atoms with Gasteiger partial charge in [-0.15, -0.1) is 0 Å². The molecule has 1 unspecified atom stereocenters. The molecule has 1 saturated heterocycles. The van der Waals surface area contributed by atoms with Gasteiger partial charge >= 0.3 is 0 Å². The van der Waals surface area contributed by atoms with E-state index in [1.165, 1.54) is 0 Å². The fourth-order valence-electron chi connectivity index (χ4n) is 1.72. The predicted octanol–water partition coefficient (Wildman–Crippen LogP) is 3.15. The van der Waals surface area contributed by atoms with Gasteiger partial charge in [-0.1, -0.05) is 0 Å². The van der Waals surface area contributed by atoms with Crippen molar-refractivity contribution in [3.63, 3.8) is 0 Å². The maximum Gasteiger partial charge on any atom is 0.167 e. The summed E-state index contributed by atoms with van der Waals surface area (Å²) in [5.74, 6) is -3.07. The quantitative estimate of drug-likeness (QED) is 0.763. The molecule has 5 heteroatoms. The third-order valence-electron chi connectivity index (χ3n) is 2.69. The monoisotopic (exact) mass is 246 g/mol. The van der Waals surface area contributed by atoms with Gasteiger partial charge in [0.25, 0.3) is 0 Å². The van der Waals surface area contributed by atoms with E-state index in [0.717, 1.165) is 25.0 Å². The fraction of sp³-hybridized carbons (Fsp3) is 0.500. The Bertz CT molecular complexity index is 390. The Labute approximate surface area is 97.3 Å². The van der Waals surface area contributed by atoms with Crippen molar-refractivity contribution in [3.05, 3.63) is 35.1 Å². The number of hydrogen-bond donors (Lipinski definition) is 0. The average molecular weight is 246 g/mol. The Balaban J connectivity index is 2.00. The van der Waals surface area contributed by atoms with Crippen LogP contribution >= 0.6 is 0 Å². The standard InChI is InChI=1S/C12H13F3O2/c13-9-4-5-10(14)12(15)8(9)7-17-11-3-1-2-6-16-11/h4-5,11H,1-3,6-7H2. The van der Waals surface area contributed by atoms with Crippen LogP contribution in [-0.2, 0) is 16.1 Å². The second-order valence-corrected chi connectivity index (χ2v) is 3.93. The van der Waals surface area contributed by atoms with E-state index in [4.69, 9.17) is 9.47 Å². The third-order valence-corrected chi connectivity index (χ3v) is 2.69. The Morgan fingerprint density at radius 2 is 1.94 bits per heavy atom. The lowest BCUT2D eigenvalue weighted by atomic mass is 10.2. The Kier molecular flexibility index (Phi) is 4.02. The lowest BCUT2D eigenvalue weighted by molar-refractivity contribution is -0.169. The molecule has 1 aliphatic rings. The van der Waals surface area contributed by atoms with E-state index >= 15 is 0 Å². The van der Waals surface area contributed by atoms with Crippen molar-refractivity contribution in [2.45, 2.75) is 32.2 Å². The Morgan fingerprint density at radius 3 is 2.65 bits per heavy atom. The number of ether oxygens (including phenoxy) is 2. The van der Waals surface area contributed by atoms with Crippen LogP contribution in [0.1, 0.15) is 24.8 Å². The zero-order chi connectivity index (χ0) is 12.3. The van der Waals surface area contributed by atoms with Crippen LogP contribution < -0.4 is 0 Å². The molecule has 1 aromatic carbocycles. The van der Waals surface area contributed by atoms with Crippen molar-refractivity contribution >= 4 is 0 Å². The summed E-state index contributed by atoms with van der Waals surface area (Å²) in [6, 6.07) is 1.64. The molecular weight excluding hydrogens is 233 g/mol. The smallest absolute Gasteiger partial charge is 0.167 e. The van der Waals surface area contributed by atoms with Gasteiger partial charge in [-0.2, -0.15) is 0 Å². The first kappa shape index (κ1) is 12.4. The van der Waals surface area contributed by atoms with Crippen molar-refractivity contribution in [1.82, 2.24) is 0 Å². The molecule has 94 valence electrons. The highest BCUT2D eigenvalue weighted by Crippen LogP contribution is 2.20. The van der Waals surface area contributed by atoms with E-state index in [1.54, 1.807) is 0 Å². The first-order valence-corrected chi connectivity index (χ1v) is 5.54. The molecule has 0 N–H and O–H groups in total. The van der Waals surface area contributed by atoms with Gasteiger partial charge in [-0.25, -0.2) is 13.2 Å². The Morgan fingerprint density at radius 1 is 1.18 bits per heavy atom. The van der Waals surface area contributed by atoms with E-state index in [2.05, 4.69) is 0 Å². The maximum absolute atomic E-state index is 13.3. The minimum atomic E-state index is -1.19. The van der Waals surface area contributed by atoms with Crippen molar-refractivity contribution in [2.24, 2.45) is 0 Å². The molecule has 0 saturated carbocycles. The summed E-state index contributed by atoms with van der Waals surface area (Å²) < 4.78 is 49.9. The van der Waals surface area contributed by atoms with Gasteiger partial charge in [-0.05, 0) is 31.4 Å². The SMILES string of the molecule is Fc1ccc(F)c(COC2CCCCO2)c1F. The zero-order valence-corrected chi connectivity index (χ0v) is 9.22. The molecule has 0 bridgehead atoms. The molecule has 1 aromatic rings. The number of halogens is 3. The average Bonchev–Trinajstić information content (AvgIpc) is 2.35. The van der Waals surface area contributed by atoms with Crippen molar-refractivity contribution in [1.29, 1.82) is 0 Å². The van der Waals surface area contributed by atoms with E-state index in [0.29, 0.717) is 13.0 Å². The summed E-state index contributed by atoms with van der Waals surface area (Å²) in [5, 5.41) is 0. The lowest BCUT2D eigenvalue weighted by Gasteiger charge is -2.22. The number of hydrogen-bond acceptors (Lipinski definition) is 2. The van der Waals surface area contributed by atoms with Crippen LogP contribution in [0.2, 0.25) is 0 Å². The van der Waals surface area contributed by atoms with E-state index in [9.17, 15) is 13.2 Å². The van der Waals surface area contributed by atoms with Crippen molar-refractivity contribution in [2.75, 3.05) is 6.61 Å². The minimum Gasteiger partial charge on any atom is -0.353 e. The number of rotatable bonds is 3. The van der Waals surface area contributed by atoms with Crippen molar-refractivity contribution in [3.8, 4) is 0 Å². The molecule has 0 amide bonds.